The van der Waals surface area contributed by atoms with E-state index in [-0.39, 0.29) is 5.84 Å². The smallest absolute Gasteiger partial charge is 0.339 e. The van der Waals surface area contributed by atoms with Crippen molar-refractivity contribution in [3.05, 3.63) is 0 Å². The fraction of sp³-hybridized carbons (Fsp3) is 0.667. The summed E-state index contributed by atoms with van der Waals surface area (Å²) in [6.45, 7) is 1.57. The normalized spacial score (nSPS) is 11.6. The van der Waals surface area contributed by atoms with Crippen molar-refractivity contribution in [2.24, 2.45) is 16.5 Å². The molecule has 0 aromatic heterocycles. The van der Waals surface area contributed by atoms with Crippen LogP contribution in [-0.4, -0.2) is 30.3 Å². The molecule has 0 rings (SSSR count). The molecule has 0 bridgehead atoms. The number of nitrogens with zero attached hydrogens (tertiary/aromatic N) is 1. The van der Waals surface area contributed by atoms with Crippen LogP contribution in [0.2, 0.25) is 0 Å². The lowest BCUT2D eigenvalue weighted by atomic mass is 10.4. The van der Waals surface area contributed by atoms with Crippen molar-refractivity contribution in [3.63, 3.8) is 0 Å². The van der Waals surface area contributed by atoms with E-state index >= 15 is 0 Å². The fourth-order valence-electron chi connectivity index (χ4n) is 0.606. The molecule has 2 amide bonds. The van der Waals surface area contributed by atoms with Crippen LogP contribution in [0.4, 0.5) is 4.79 Å². The number of carbonyl (C=O) groups excluding carboxylic acids is 1. The summed E-state index contributed by atoms with van der Waals surface area (Å²) in [5.74, 6) is 0.268. The van der Waals surface area contributed by atoms with Crippen LogP contribution >= 0.6 is 15.9 Å². The second kappa shape index (κ2) is 7.05. The Morgan fingerprint density at radius 1 is 1.42 bits per heavy atom. The molecule has 5 nitrogen and oxygen atoms in total. The van der Waals surface area contributed by atoms with Crippen molar-refractivity contribution in [1.29, 1.82) is 0 Å². The molecule has 0 saturated heterocycles. The Balaban J connectivity index is 3.43. The lowest BCUT2D eigenvalue weighted by Crippen LogP contribution is -2.25. The zero-order chi connectivity index (χ0) is 9.40. The highest BCUT2D eigenvalue weighted by Crippen LogP contribution is 1.80. The molecule has 5 N–H and O–H groups in total. The highest BCUT2D eigenvalue weighted by Gasteiger charge is 1.94. The van der Waals surface area contributed by atoms with Gasteiger partial charge in [-0.05, 0) is 0 Å². The molecule has 0 aliphatic heterocycles. The Kier molecular flexibility index (Phi) is 6.69. The molecule has 0 fully saturated rings. The number of carbonyl (C=O) groups is 1. The molecule has 0 saturated carbocycles. The first-order valence-corrected chi connectivity index (χ1v) is 4.68. The standard InChI is InChI=1S/C6H13BrN4O/c7-2-4-10-3-1-5(8)11-6(9)12/h10H,1-4H2,(H4,8,9,11,12). The molecule has 70 valence electrons. The van der Waals surface area contributed by atoms with Gasteiger partial charge in [-0.3, -0.25) is 0 Å². The quantitative estimate of drug-likeness (QED) is 0.267. The van der Waals surface area contributed by atoms with Gasteiger partial charge in [0.05, 0.1) is 0 Å². The van der Waals surface area contributed by atoms with Crippen LogP contribution < -0.4 is 16.8 Å². The molecular weight excluding hydrogens is 224 g/mol. The van der Waals surface area contributed by atoms with Gasteiger partial charge in [-0.1, -0.05) is 15.9 Å². The SMILES string of the molecule is NC(=O)N=C(N)CCNCCBr. The van der Waals surface area contributed by atoms with Crippen molar-refractivity contribution in [3.8, 4) is 0 Å². The summed E-state index contributed by atoms with van der Waals surface area (Å²) >= 11 is 3.26. The van der Waals surface area contributed by atoms with Gasteiger partial charge in [0.15, 0.2) is 0 Å². The molecule has 0 aliphatic carbocycles. The van der Waals surface area contributed by atoms with Gasteiger partial charge in [0.2, 0.25) is 0 Å². The van der Waals surface area contributed by atoms with Crippen LogP contribution in [0.3, 0.4) is 0 Å². The number of aliphatic imine (C=N–C) groups is 1. The molecule has 0 aliphatic rings. The van der Waals surface area contributed by atoms with Gasteiger partial charge in [0.1, 0.15) is 5.84 Å². The van der Waals surface area contributed by atoms with Gasteiger partial charge in [-0.15, -0.1) is 0 Å². The van der Waals surface area contributed by atoms with Crippen LogP contribution in [0, 0.1) is 0 Å². The maximum Gasteiger partial charge on any atom is 0.339 e. The van der Waals surface area contributed by atoms with Crippen LogP contribution in [-0.2, 0) is 0 Å². The Morgan fingerprint density at radius 2 is 2.08 bits per heavy atom. The van der Waals surface area contributed by atoms with Gasteiger partial charge in [0, 0.05) is 24.8 Å². The number of halogens is 1. The molecule has 0 unspecified atom stereocenters. The second-order valence-electron chi connectivity index (χ2n) is 2.13. The number of amides is 2. The summed E-state index contributed by atoms with van der Waals surface area (Å²) in [5.41, 5.74) is 10.1. The van der Waals surface area contributed by atoms with Crippen LogP contribution in [0.15, 0.2) is 4.99 Å². The van der Waals surface area contributed by atoms with E-state index < -0.39 is 6.03 Å². The van der Waals surface area contributed by atoms with E-state index in [1.165, 1.54) is 0 Å². The highest BCUT2D eigenvalue weighted by molar-refractivity contribution is 9.09. The van der Waals surface area contributed by atoms with E-state index in [1.807, 2.05) is 0 Å². The molecule has 0 radical (unpaired) electrons. The first kappa shape index (κ1) is 11.4. The molecule has 0 spiro atoms. The molecule has 0 aromatic carbocycles. The van der Waals surface area contributed by atoms with Gasteiger partial charge >= 0.3 is 6.03 Å². The number of rotatable bonds is 5. The zero-order valence-electron chi connectivity index (χ0n) is 6.72. The Morgan fingerprint density at radius 3 is 2.58 bits per heavy atom. The van der Waals surface area contributed by atoms with Crippen molar-refractivity contribution in [2.75, 3.05) is 18.4 Å². The minimum atomic E-state index is -0.743. The van der Waals surface area contributed by atoms with E-state index in [4.69, 9.17) is 11.5 Å². The van der Waals surface area contributed by atoms with Gasteiger partial charge < -0.3 is 16.8 Å². The number of urea groups is 1. The topological polar surface area (TPSA) is 93.5 Å². The van der Waals surface area contributed by atoms with Gasteiger partial charge in [-0.2, -0.15) is 4.99 Å². The largest absolute Gasteiger partial charge is 0.387 e. The molecule has 0 atom stereocenters. The predicted octanol–water partition coefficient (Wildman–Crippen LogP) is -0.203. The van der Waals surface area contributed by atoms with E-state index in [9.17, 15) is 4.79 Å². The van der Waals surface area contributed by atoms with Crippen molar-refractivity contribution in [2.45, 2.75) is 6.42 Å². The van der Waals surface area contributed by atoms with E-state index in [0.717, 1.165) is 11.9 Å². The lowest BCUT2D eigenvalue weighted by molar-refractivity contribution is 0.256. The van der Waals surface area contributed by atoms with Crippen molar-refractivity contribution in [1.82, 2.24) is 5.32 Å². The summed E-state index contributed by atoms with van der Waals surface area (Å²) in [6.07, 6.45) is 0.538. The number of alkyl halides is 1. The third-order valence-electron chi connectivity index (χ3n) is 1.08. The summed E-state index contributed by atoms with van der Waals surface area (Å²) in [7, 11) is 0. The van der Waals surface area contributed by atoms with Gasteiger partial charge in [0.25, 0.3) is 0 Å². The maximum atomic E-state index is 10.2. The maximum absolute atomic E-state index is 10.2. The number of hydrogen-bond donors (Lipinski definition) is 3. The monoisotopic (exact) mass is 236 g/mol. The van der Waals surface area contributed by atoms with Crippen molar-refractivity contribution < 1.29 is 4.79 Å². The van der Waals surface area contributed by atoms with Gasteiger partial charge in [-0.25, -0.2) is 4.79 Å². The first-order valence-electron chi connectivity index (χ1n) is 3.56. The molecule has 12 heavy (non-hydrogen) atoms. The Bertz CT molecular complexity index is 171. The molecule has 0 heterocycles. The fourth-order valence-corrected chi connectivity index (χ4v) is 0.886. The van der Waals surface area contributed by atoms with E-state index in [1.54, 1.807) is 0 Å². The minimum Gasteiger partial charge on any atom is -0.387 e. The number of nitrogens with one attached hydrogen (secondary N) is 1. The summed E-state index contributed by atoms with van der Waals surface area (Å²) < 4.78 is 0. The van der Waals surface area contributed by atoms with E-state index in [2.05, 4.69) is 26.2 Å². The first-order chi connectivity index (χ1) is 5.66. The van der Waals surface area contributed by atoms with E-state index in [0.29, 0.717) is 13.0 Å². The molecule has 0 aromatic rings. The number of primary amides is 1. The zero-order valence-corrected chi connectivity index (χ0v) is 8.30. The number of nitrogens with two attached hydrogens (primary N) is 2. The van der Waals surface area contributed by atoms with Crippen LogP contribution in [0.5, 0.6) is 0 Å². The molecular formula is C6H13BrN4O. The second-order valence-corrected chi connectivity index (χ2v) is 2.92. The average molecular weight is 237 g/mol. The third kappa shape index (κ3) is 7.49. The minimum absolute atomic E-state index is 0.268. The summed E-state index contributed by atoms with van der Waals surface area (Å²) in [6, 6.07) is -0.743. The Hall–Kier alpha value is -0.620. The van der Waals surface area contributed by atoms with Crippen LogP contribution in [0.25, 0.3) is 0 Å². The average Bonchev–Trinajstić information content (AvgIpc) is 1.97. The summed E-state index contributed by atoms with van der Waals surface area (Å²) in [4.78, 5) is 13.6. The van der Waals surface area contributed by atoms with Crippen molar-refractivity contribution >= 4 is 27.8 Å². The Labute approximate surface area is 79.7 Å². The number of amidine groups is 1. The van der Waals surface area contributed by atoms with Crippen LogP contribution in [0.1, 0.15) is 6.42 Å². The number of hydrogen-bond acceptors (Lipinski definition) is 2. The predicted molar refractivity (Wildman–Crippen MR) is 52.5 cm³/mol. The third-order valence-corrected chi connectivity index (χ3v) is 1.48. The highest BCUT2D eigenvalue weighted by atomic mass is 79.9. The molecule has 6 heteroatoms. The summed E-state index contributed by atoms with van der Waals surface area (Å²) in [5, 5.41) is 3.97. The lowest BCUT2D eigenvalue weighted by Gasteiger charge is -2.00.